The van der Waals surface area contributed by atoms with E-state index in [1.807, 2.05) is 5.29 Å². The van der Waals surface area contributed by atoms with Crippen LogP contribution >= 0.6 is 0 Å². The van der Waals surface area contributed by atoms with E-state index in [2.05, 4.69) is 10.5 Å². The first-order valence-corrected chi connectivity index (χ1v) is 4.71. The number of urea groups is 1. The van der Waals surface area contributed by atoms with Gasteiger partial charge in [0.15, 0.2) is 6.29 Å². The summed E-state index contributed by atoms with van der Waals surface area (Å²) in [5, 5.41) is 46.6. The fourth-order valence-electron chi connectivity index (χ4n) is 1.13. The molecule has 8 N–H and O–H groups in total. The van der Waals surface area contributed by atoms with Crippen molar-refractivity contribution in [2.75, 3.05) is 6.61 Å². The number of nitroso groups, excluding NO2 is 1. The zero-order valence-electron chi connectivity index (χ0n) is 9.08. The lowest BCUT2D eigenvalue weighted by atomic mass is 10.00. The third-order valence-corrected chi connectivity index (χ3v) is 2.02. The Balaban J connectivity index is 0.000000411. The van der Waals surface area contributed by atoms with Crippen molar-refractivity contribution < 1.29 is 35.1 Å². The molecule has 0 spiro atoms. The molecular formula is C7H15N3O8. The van der Waals surface area contributed by atoms with E-state index in [0.717, 1.165) is 0 Å². The number of nitrogens with one attached hydrogen (secondary N) is 1. The molecule has 1 aliphatic heterocycles. The predicted octanol–water partition coefficient (Wildman–Crippen LogP) is -3.89. The number of primary amides is 1. The van der Waals surface area contributed by atoms with Crippen molar-refractivity contribution in [2.45, 2.75) is 30.7 Å². The van der Waals surface area contributed by atoms with Crippen molar-refractivity contribution in [2.24, 2.45) is 11.0 Å². The van der Waals surface area contributed by atoms with Crippen molar-refractivity contribution in [1.82, 2.24) is 5.43 Å². The van der Waals surface area contributed by atoms with Gasteiger partial charge in [-0.1, -0.05) is 0 Å². The molecule has 1 aliphatic rings. The van der Waals surface area contributed by atoms with E-state index in [4.69, 9.17) is 30.4 Å². The van der Waals surface area contributed by atoms with Crippen molar-refractivity contribution in [3.8, 4) is 0 Å². The molecule has 2 amide bonds. The van der Waals surface area contributed by atoms with Crippen molar-refractivity contribution in [3.05, 3.63) is 4.91 Å². The average molecular weight is 269 g/mol. The Labute approximate surface area is 101 Å². The minimum Gasteiger partial charge on any atom is -0.394 e. The van der Waals surface area contributed by atoms with Gasteiger partial charge in [-0.25, -0.2) is 4.79 Å². The third kappa shape index (κ3) is 4.87. The number of hydrogen-bond acceptors (Lipinski definition) is 9. The molecule has 0 bridgehead atoms. The molecule has 0 aromatic rings. The van der Waals surface area contributed by atoms with Crippen LogP contribution in [-0.2, 0) is 4.74 Å². The smallest absolute Gasteiger partial charge is 0.335 e. The standard InChI is InChI=1S/C6H12O6.CH3N3O2/c7-1-2-3(8)4(9)5(10)6(11)12-2;2-1(5)3-4-6/h2-11H,1H2;(H3,2,3,5,6)/t2?,3-,4-,5+,6+;/m1./s1. The topological polar surface area (TPSA) is 195 Å². The number of carbonyl (C=O) groups is 1. The van der Waals surface area contributed by atoms with Crippen LogP contribution in [0.5, 0.6) is 0 Å². The second-order valence-corrected chi connectivity index (χ2v) is 3.29. The lowest BCUT2D eigenvalue weighted by Gasteiger charge is -2.37. The molecule has 11 nitrogen and oxygen atoms in total. The summed E-state index contributed by atoms with van der Waals surface area (Å²) in [6.45, 7) is -0.526. The predicted molar refractivity (Wildman–Crippen MR) is 54.5 cm³/mol. The van der Waals surface area contributed by atoms with E-state index >= 15 is 0 Å². The van der Waals surface area contributed by atoms with Gasteiger partial charge in [-0.3, -0.25) is 0 Å². The summed E-state index contributed by atoms with van der Waals surface area (Å²) in [4.78, 5) is 18.4. The molecule has 106 valence electrons. The van der Waals surface area contributed by atoms with Crippen molar-refractivity contribution >= 4 is 6.03 Å². The first-order chi connectivity index (χ1) is 8.34. The number of hydrogen-bond donors (Lipinski definition) is 7. The molecule has 0 aliphatic carbocycles. The van der Waals surface area contributed by atoms with Gasteiger partial charge in [0.1, 0.15) is 24.4 Å². The summed E-state index contributed by atoms with van der Waals surface area (Å²) in [5.74, 6) is 0. The van der Waals surface area contributed by atoms with Crippen LogP contribution in [0.25, 0.3) is 0 Å². The number of aliphatic hydroxyl groups is 5. The van der Waals surface area contributed by atoms with Gasteiger partial charge < -0.3 is 36.0 Å². The number of ether oxygens (including phenoxy) is 1. The summed E-state index contributed by atoms with van der Waals surface area (Å²) >= 11 is 0. The van der Waals surface area contributed by atoms with E-state index in [9.17, 15) is 4.79 Å². The largest absolute Gasteiger partial charge is 0.394 e. The number of nitrogens with zero attached hydrogens (tertiary/aromatic N) is 1. The highest BCUT2D eigenvalue weighted by Crippen LogP contribution is 2.18. The molecule has 1 fully saturated rings. The van der Waals surface area contributed by atoms with E-state index in [1.165, 1.54) is 5.43 Å². The van der Waals surface area contributed by atoms with Crippen LogP contribution in [0.2, 0.25) is 0 Å². The van der Waals surface area contributed by atoms with Gasteiger partial charge in [0, 0.05) is 0 Å². The number of nitrogens with two attached hydrogens (primary N) is 1. The second kappa shape index (κ2) is 7.86. The third-order valence-electron chi connectivity index (χ3n) is 2.02. The van der Waals surface area contributed by atoms with Crippen LogP contribution in [0.1, 0.15) is 0 Å². The second-order valence-electron chi connectivity index (χ2n) is 3.29. The minimum absolute atomic E-state index is 0.526. The number of rotatable bonds is 2. The Kier molecular flexibility index (Phi) is 7.26. The van der Waals surface area contributed by atoms with Gasteiger partial charge in [-0.2, -0.15) is 5.43 Å². The maximum atomic E-state index is 9.42. The van der Waals surface area contributed by atoms with Crippen molar-refractivity contribution in [1.29, 1.82) is 0 Å². The van der Waals surface area contributed by atoms with Crippen LogP contribution in [-0.4, -0.2) is 68.9 Å². The molecule has 1 heterocycles. The first kappa shape index (κ1) is 16.6. The summed E-state index contributed by atoms with van der Waals surface area (Å²) in [6.07, 6.45) is -7.04. The van der Waals surface area contributed by atoms with Gasteiger partial charge in [-0.05, 0) is 0 Å². The summed E-state index contributed by atoms with van der Waals surface area (Å²) in [7, 11) is 0. The maximum absolute atomic E-state index is 9.42. The molecule has 0 saturated carbocycles. The molecule has 1 rings (SSSR count). The number of amides is 2. The molecule has 0 aromatic heterocycles. The Morgan fingerprint density at radius 3 is 2.11 bits per heavy atom. The minimum atomic E-state index is -1.57. The highest BCUT2D eigenvalue weighted by Gasteiger charge is 2.42. The summed E-state index contributed by atoms with van der Waals surface area (Å²) < 4.78 is 4.58. The highest BCUT2D eigenvalue weighted by atomic mass is 16.6. The van der Waals surface area contributed by atoms with Gasteiger partial charge in [-0.15, -0.1) is 4.91 Å². The molecule has 0 radical (unpaired) electrons. The van der Waals surface area contributed by atoms with E-state index < -0.39 is 43.3 Å². The quantitative estimate of drug-likeness (QED) is 0.195. The molecular weight excluding hydrogens is 254 g/mol. The number of aliphatic hydroxyl groups excluding tert-OH is 5. The zero-order chi connectivity index (χ0) is 14.3. The Morgan fingerprint density at radius 2 is 1.78 bits per heavy atom. The van der Waals surface area contributed by atoms with Crippen LogP contribution in [0, 0.1) is 4.91 Å². The Bertz CT molecular complexity index is 273. The lowest BCUT2D eigenvalue weighted by Crippen LogP contribution is -2.58. The zero-order valence-corrected chi connectivity index (χ0v) is 9.08. The lowest BCUT2D eigenvalue weighted by molar-refractivity contribution is -0.286. The van der Waals surface area contributed by atoms with E-state index in [-0.39, 0.29) is 0 Å². The fourth-order valence-corrected chi connectivity index (χ4v) is 1.13. The van der Waals surface area contributed by atoms with Crippen LogP contribution in [0.4, 0.5) is 4.79 Å². The van der Waals surface area contributed by atoms with Gasteiger partial charge in [0.2, 0.25) is 0 Å². The highest BCUT2D eigenvalue weighted by molar-refractivity contribution is 5.70. The fraction of sp³-hybridized carbons (Fsp3) is 0.857. The van der Waals surface area contributed by atoms with Crippen LogP contribution in [0.3, 0.4) is 0 Å². The molecule has 1 unspecified atom stereocenters. The van der Waals surface area contributed by atoms with Crippen LogP contribution in [0.15, 0.2) is 5.29 Å². The summed E-state index contributed by atoms with van der Waals surface area (Å²) in [5.41, 5.74) is 5.78. The Morgan fingerprint density at radius 1 is 1.22 bits per heavy atom. The normalized spacial score (nSPS) is 35.1. The van der Waals surface area contributed by atoms with E-state index in [1.54, 1.807) is 0 Å². The Hall–Kier alpha value is -1.37. The SMILES string of the molecule is NC(=O)NN=O.OCC1O[C@H](O)[C@@H](O)[C@H](O)[C@@H]1O. The van der Waals surface area contributed by atoms with Gasteiger partial charge >= 0.3 is 6.03 Å². The monoisotopic (exact) mass is 269 g/mol. The van der Waals surface area contributed by atoms with Crippen LogP contribution < -0.4 is 11.2 Å². The molecule has 18 heavy (non-hydrogen) atoms. The molecule has 0 aromatic carbocycles. The first-order valence-electron chi connectivity index (χ1n) is 4.71. The molecule has 11 heteroatoms. The van der Waals surface area contributed by atoms with E-state index in [0.29, 0.717) is 0 Å². The molecule has 5 atom stereocenters. The number of carbonyl (C=O) groups excluding carboxylic acids is 1. The summed E-state index contributed by atoms with van der Waals surface area (Å²) in [6, 6.07) is -0.940. The molecule has 1 saturated heterocycles. The maximum Gasteiger partial charge on any atom is 0.335 e. The average Bonchev–Trinajstić information content (AvgIpc) is 2.32. The van der Waals surface area contributed by atoms with Gasteiger partial charge in [0.25, 0.3) is 0 Å². The van der Waals surface area contributed by atoms with Crippen molar-refractivity contribution in [3.63, 3.8) is 0 Å². The van der Waals surface area contributed by atoms with Gasteiger partial charge in [0.05, 0.1) is 11.9 Å².